The van der Waals surface area contributed by atoms with Crippen LogP contribution in [0.4, 0.5) is 11.5 Å². The number of carbonyl (C=O) groups excluding carboxylic acids is 3. The van der Waals surface area contributed by atoms with Crippen LogP contribution >= 0.6 is 23.4 Å². The van der Waals surface area contributed by atoms with Crippen LogP contribution in [0.2, 0.25) is 5.02 Å². The predicted molar refractivity (Wildman–Crippen MR) is 159 cm³/mol. The van der Waals surface area contributed by atoms with Crippen LogP contribution in [0.5, 0.6) is 5.75 Å². The normalized spacial score (nSPS) is 10.9. The molecule has 3 amide bonds. The largest absolute Gasteiger partial charge is 0.496 e. The quantitative estimate of drug-likeness (QED) is 0.162. The number of rotatable bonds is 10. The number of hydrogen-bond donors (Lipinski definition) is 3. The van der Waals surface area contributed by atoms with E-state index in [1.807, 2.05) is 12.1 Å². The van der Waals surface area contributed by atoms with Crippen LogP contribution in [0.25, 0.3) is 6.08 Å². The maximum Gasteiger partial charge on any atom is 0.272 e. The predicted octanol–water partition coefficient (Wildman–Crippen LogP) is 5.88. The number of anilines is 2. The van der Waals surface area contributed by atoms with E-state index in [1.165, 1.54) is 25.1 Å². The lowest BCUT2D eigenvalue weighted by Gasteiger charge is -2.13. The SMILES string of the molecule is COc1ccccc1/C=C(\NC(=O)c1ccccc1)C(=O)Nc1ccc(SCC(=O)Nc2ccc(Cl)cn2)cc1. The summed E-state index contributed by atoms with van der Waals surface area (Å²) in [5, 5.41) is 8.72. The highest BCUT2D eigenvalue weighted by atomic mass is 35.5. The molecule has 0 radical (unpaired) electrons. The molecular formula is C30H25ClN4O4S. The Bertz CT molecular complexity index is 1510. The molecule has 4 rings (SSSR count). The molecule has 0 aliphatic rings. The van der Waals surface area contributed by atoms with Crippen molar-refractivity contribution in [1.82, 2.24) is 10.3 Å². The maximum absolute atomic E-state index is 13.3. The van der Waals surface area contributed by atoms with Crippen molar-refractivity contribution in [2.45, 2.75) is 4.90 Å². The minimum absolute atomic E-state index is 0.0456. The molecule has 0 bridgehead atoms. The van der Waals surface area contributed by atoms with Crippen molar-refractivity contribution in [3.8, 4) is 5.75 Å². The van der Waals surface area contributed by atoms with Gasteiger partial charge in [-0.25, -0.2) is 4.98 Å². The van der Waals surface area contributed by atoms with E-state index in [0.717, 1.165) is 4.90 Å². The number of nitrogens with one attached hydrogen (secondary N) is 3. The van der Waals surface area contributed by atoms with Gasteiger partial charge in [0.25, 0.3) is 11.8 Å². The molecule has 0 fully saturated rings. The summed E-state index contributed by atoms with van der Waals surface area (Å²) in [6.07, 6.45) is 3.02. The number of halogens is 1. The van der Waals surface area contributed by atoms with E-state index >= 15 is 0 Å². The minimum Gasteiger partial charge on any atom is -0.496 e. The monoisotopic (exact) mass is 572 g/mol. The zero-order valence-corrected chi connectivity index (χ0v) is 23.0. The summed E-state index contributed by atoms with van der Waals surface area (Å²) in [6.45, 7) is 0. The number of pyridine rings is 1. The maximum atomic E-state index is 13.3. The lowest BCUT2D eigenvalue weighted by atomic mass is 10.1. The molecule has 4 aromatic rings. The first-order valence-electron chi connectivity index (χ1n) is 12.1. The van der Waals surface area contributed by atoms with Crippen molar-refractivity contribution in [3.05, 3.63) is 119 Å². The second-order valence-electron chi connectivity index (χ2n) is 8.30. The number of carbonyl (C=O) groups is 3. The number of benzene rings is 3. The Labute approximate surface area is 240 Å². The summed E-state index contributed by atoms with van der Waals surface area (Å²) in [6, 6.07) is 26.1. The highest BCUT2D eigenvalue weighted by Crippen LogP contribution is 2.23. The average Bonchev–Trinajstić information content (AvgIpc) is 2.98. The van der Waals surface area contributed by atoms with Crippen molar-refractivity contribution < 1.29 is 19.1 Å². The average molecular weight is 573 g/mol. The van der Waals surface area contributed by atoms with Crippen LogP contribution in [-0.2, 0) is 9.59 Å². The molecule has 0 unspecified atom stereocenters. The van der Waals surface area contributed by atoms with Gasteiger partial charge in [0.15, 0.2) is 0 Å². The number of methoxy groups -OCH3 is 1. The van der Waals surface area contributed by atoms with Gasteiger partial charge < -0.3 is 20.7 Å². The fraction of sp³-hybridized carbons (Fsp3) is 0.0667. The van der Waals surface area contributed by atoms with Gasteiger partial charge >= 0.3 is 0 Å². The Kier molecular flexibility index (Phi) is 9.93. The third-order valence-corrected chi connectivity index (χ3v) is 6.68. The Hall–Kier alpha value is -4.60. The van der Waals surface area contributed by atoms with Gasteiger partial charge in [-0.3, -0.25) is 14.4 Å². The van der Waals surface area contributed by atoms with Gasteiger partial charge in [-0.1, -0.05) is 48.0 Å². The minimum atomic E-state index is -0.509. The van der Waals surface area contributed by atoms with Gasteiger partial charge in [0.05, 0.1) is 17.9 Å². The van der Waals surface area contributed by atoms with Crippen LogP contribution in [-0.4, -0.2) is 35.6 Å². The fourth-order valence-corrected chi connectivity index (χ4v) is 4.30. The van der Waals surface area contributed by atoms with E-state index in [1.54, 1.807) is 84.9 Å². The lowest BCUT2D eigenvalue weighted by molar-refractivity contribution is -0.114. The number of para-hydroxylation sites is 1. The molecule has 1 heterocycles. The highest BCUT2D eigenvalue weighted by Gasteiger charge is 2.16. The van der Waals surface area contributed by atoms with Crippen molar-refractivity contribution >= 4 is 58.7 Å². The lowest BCUT2D eigenvalue weighted by Crippen LogP contribution is -2.30. The molecule has 3 N–H and O–H groups in total. The summed E-state index contributed by atoms with van der Waals surface area (Å²) in [4.78, 5) is 43.2. The van der Waals surface area contributed by atoms with Crippen LogP contribution < -0.4 is 20.7 Å². The molecule has 0 aliphatic heterocycles. The molecule has 0 spiro atoms. The second-order valence-corrected chi connectivity index (χ2v) is 9.78. The van der Waals surface area contributed by atoms with E-state index in [0.29, 0.717) is 33.4 Å². The van der Waals surface area contributed by atoms with Crippen LogP contribution in [0.3, 0.4) is 0 Å². The molecule has 10 heteroatoms. The molecule has 0 atom stereocenters. The van der Waals surface area contributed by atoms with Gasteiger partial charge in [0.2, 0.25) is 5.91 Å². The smallest absolute Gasteiger partial charge is 0.272 e. The zero-order chi connectivity index (χ0) is 28.3. The molecule has 0 aliphatic carbocycles. The Morgan fingerprint density at radius 2 is 1.62 bits per heavy atom. The highest BCUT2D eigenvalue weighted by molar-refractivity contribution is 8.00. The van der Waals surface area contributed by atoms with Crippen LogP contribution in [0.15, 0.2) is 108 Å². The van der Waals surface area contributed by atoms with Gasteiger partial charge in [-0.15, -0.1) is 11.8 Å². The molecule has 8 nitrogen and oxygen atoms in total. The Balaban J connectivity index is 1.42. The Morgan fingerprint density at radius 3 is 2.33 bits per heavy atom. The molecule has 0 saturated heterocycles. The third kappa shape index (κ3) is 8.20. The van der Waals surface area contributed by atoms with Crippen molar-refractivity contribution in [2.75, 3.05) is 23.5 Å². The first-order valence-corrected chi connectivity index (χ1v) is 13.4. The van der Waals surface area contributed by atoms with E-state index in [-0.39, 0.29) is 17.4 Å². The number of aromatic nitrogens is 1. The number of hydrogen-bond acceptors (Lipinski definition) is 6. The topological polar surface area (TPSA) is 109 Å². The molecule has 1 aromatic heterocycles. The standard InChI is InChI=1S/C30H25ClN4O4S/c1-39-26-10-6-5-9-21(26)17-25(34-29(37)20-7-3-2-4-8-20)30(38)33-23-12-14-24(15-13-23)40-19-28(36)35-27-16-11-22(31)18-32-27/h2-18H,19H2,1H3,(H,33,38)(H,34,37)(H,32,35,36)/b25-17-. The summed E-state index contributed by atoms with van der Waals surface area (Å²) in [5.41, 5.74) is 1.61. The number of nitrogens with zero attached hydrogens (tertiary/aromatic N) is 1. The van der Waals surface area contributed by atoms with E-state index in [9.17, 15) is 14.4 Å². The molecular weight excluding hydrogens is 548 g/mol. The van der Waals surface area contributed by atoms with Gasteiger partial charge in [-0.05, 0) is 60.7 Å². The van der Waals surface area contributed by atoms with Gasteiger partial charge in [0.1, 0.15) is 17.3 Å². The second kappa shape index (κ2) is 14.0. The van der Waals surface area contributed by atoms with Crippen LogP contribution in [0, 0.1) is 0 Å². The summed E-state index contributed by atoms with van der Waals surface area (Å²) in [7, 11) is 1.53. The van der Waals surface area contributed by atoms with Crippen molar-refractivity contribution in [3.63, 3.8) is 0 Å². The number of amides is 3. The van der Waals surface area contributed by atoms with E-state index in [2.05, 4.69) is 20.9 Å². The third-order valence-electron chi connectivity index (χ3n) is 5.44. The molecule has 0 saturated carbocycles. The van der Waals surface area contributed by atoms with Crippen molar-refractivity contribution in [2.24, 2.45) is 0 Å². The summed E-state index contributed by atoms with van der Waals surface area (Å²) >= 11 is 7.15. The van der Waals surface area contributed by atoms with Gasteiger partial charge in [0, 0.05) is 27.9 Å². The van der Waals surface area contributed by atoms with Gasteiger partial charge in [-0.2, -0.15) is 0 Å². The van der Waals surface area contributed by atoms with Crippen LogP contribution in [0.1, 0.15) is 15.9 Å². The number of thioether (sulfide) groups is 1. The summed E-state index contributed by atoms with van der Waals surface area (Å²) < 4.78 is 5.40. The van der Waals surface area contributed by atoms with Crippen molar-refractivity contribution in [1.29, 1.82) is 0 Å². The molecule has 3 aromatic carbocycles. The molecule has 202 valence electrons. The fourth-order valence-electron chi connectivity index (χ4n) is 3.49. The first kappa shape index (κ1) is 28.4. The van der Waals surface area contributed by atoms with E-state index < -0.39 is 11.8 Å². The molecule has 40 heavy (non-hydrogen) atoms. The first-order chi connectivity index (χ1) is 19.4. The summed E-state index contributed by atoms with van der Waals surface area (Å²) in [5.74, 6) is 0.00916. The number of ether oxygens (including phenoxy) is 1. The zero-order valence-electron chi connectivity index (χ0n) is 21.4. The Morgan fingerprint density at radius 1 is 0.900 bits per heavy atom. The van der Waals surface area contributed by atoms with E-state index in [4.69, 9.17) is 16.3 Å².